The number of aryl methyl sites for hydroxylation is 1. The van der Waals surface area contributed by atoms with Gasteiger partial charge in [-0.1, -0.05) is 10.4 Å². The molecule has 0 bridgehead atoms. The van der Waals surface area contributed by atoms with Crippen molar-refractivity contribution in [3.63, 3.8) is 0 Å². The zero-order valence-corrected chi connectivity index (χ0v) is 13.6. The molecular formula is C17H16N6O. The van der Waals surface area contributed by atoms with Gasteiger partial charge in [0.05, 0.1) is 11.1 Å². The quantitative estimate of drug-likeness (QED) is 0.575. The number of rotatable bonds is 3. The average Bonchev–Trinajstić information content (AvgIpc) is 3.21. The minimum Gasteiger partial charge on any atom is -0.334 e. The molecule has 7 heteroatoms. The van der Waals surface area contributed by atoms with Crippen LogP contribution in [0.4, 0.5) is 0 Å². The average molecular weight is 320 g/mol. The number of hydrogen-bond acceptors (Lipinski definition) is 6. The van der Waals surface area contributed by atoms with Gasteiger partial charge in [0.2, 0.25) is 5.82 Å². The number of hydrogen-bond donors (Lipinski definition) is 0. The molecule has 3 aromatic heterocycles. The van der Waals surface area contributed by atoms with Crippen molar-refractivity contribution >= 4 is 11.0 Å². The molecule has 3 heterocycles. The molecule has 24 heavy (non-hydrogen) atoms. The van der Waals surface area contributed by atoms with E-state index in [-0.39, 0.29) is 6.04 Å². The van der Waals surface area contributed by atoms with E-state index in [0.717, 1.165) is 27.7 Å². The van der Waals surface area contributed by atoms with E-state index in [1.807, 2.05) is 35.9 Å². The molecule has 0 spiro atoms. The van der Waals surface area contributed by atoms with Gasteiger partial charge in [-0.05, 0) is 50.6 Å². The Morgan fingerprint density at radius 3 is 2.83 bits per heavy atom. The Labute approximate surface area is 138 Å². The highest BCUT2D eigenvalue weighted by Crippen LogP contribution is 2.26. The van der Waals surface area contributed by atoms with Gasteiger partial charge in [-0.3, -0.25) is 4.98 Å². The summed E-state index contributed by atoms with van der Waals surface area (Å²) in [6.45, 7) is 6.13. The monoisotopic (exact) mass is 320 g/mol. The first-order valence-electron chi connectivity index (χ1n) is 7.73. The Morgan fingerprint density at radius 2 is 2.04 bits per heavy atom. The summed E-state index contributed by atoms with van der Waals surface area (Å²) in [6.07, 6.45) is 3.46. The zero-order chi connectivity index (χ0) is 16.7. The van der Waals surface area contributed by atoms with Crippen molar-refractivity contribution in [2.45, 2.75) is 26.8 Å². The minimum absolute atomic E-state index is 0.256. The highest BCUT2D eigenvalue weighted by Gasteiger charge is 2.14. The van der Waals surface area contributed by atoms with Crippen molar-refractivity contribution in [3.05, 3.63) is 42.2 Å². The van der Waals surface area contributed by atoms with E-state index in [2.05, 4.69) is 39.3 Å². The van der Waals surface area contributed by atoms with Gasteiger partial charge < -0.3 is 4.52 Å². The fourth-order valence-electron chi connectivity index (χ4n) is 2.60. The lowest BCUT2D eigenvalue weighted by Gasteiger charge is -2.04. The van der Waals surface area contributed by atoms with Crippen LogP contribution in [-0.4, -0.2) is 30.1 Å². The third kappa shape index (κ3) is 2.34. The predicted molar refractivity (Wildman–Crippen MR) is 89.2 cm³/mol. The summed E-state index contributed by atoms with van der Waals surface area (Å²) in [5.74, 6) is 0.982. The molecule has 0 unspecified atom stereocenters. The van der Waals surface area contributed by atoms with Gasteiger partial charge in [-0.2, -0.15) is 4.98 Å². The minimum atomic E-state index is 0.256. The van der Waals surface area contributed by atoms with E-state index >= 15 is 0 Å². The number of nitrogens with zero attached hydrogens (tertiary/aromatic N) is 6. The molecule has 7 nitrogen and oxygen atoms in total. The number of benzene rings is 1. The van der Waals surface area contributed by atoms with Gasteiger partial charge in [0.25, 0.3) is 5.89 Å². The summed E-state index contributed by atoms with van der Waals surface area (Å²) in [5, 5.41) is 12.5. The Bertz CT molecular complexity index is 1020. The molecule has 4 aromatic rings. The van der Waals surface area contributed by atoms with E-state index in [1.54, 1.807) is 12.4 Å². The van der Waals surface area contributed by atoms with Gasteiger partial charge in [0.1, 0.15) is 5.52 Å². The van der Waals surface area contributed by atoms with Crippen molar-refractivity contribution in [3.8, 4) is 22.8 Å². The predicted octanol–water partition coefficient (Wildman–Crippen LogP) is 3.43. The largest absolute Gasteiger partial charge is 0.334 e. The van der Waals surface area contributed by atoms with E-state index in [1.165, 1.54) is 0 Å². The van der Waals surface area contributed by atoms with Crippen LogP contribution in [0.5, 0.6) is 0 Å². The van der Waals surface area contributed by atoms with Crippen molar-refractivity contribution < 1.29 is 4.52 Å². The molecule has 0 saturated heterocycles. The molecule has 4 rings (SSSR count). The van der Waals surface area contributed by atoms with Gasteiger partial charge in [-0.25, -0.2) is 4.68 Å². The van der Waals surface area contributed by atoms with E-state index in [4.69, 9.17) is 4.52 Å². The fraction of sp³-hybridized carbons (Fsp3) is 0.235. The lowest BCUT2D eigenvalue weighted by Crippen LogP contribution is -2.02. The van der Waals surface area contributed by atoms with Crippen molar-refractivity contribution in [2.75, 3.05) is 0 Å². The summed E-state index contributed by atoms with van der Waals surface area (Å²) in [4.78, 5) is 8.60. The van der Waals surface area contributed by atoms with E-state index in [0.29, 0.717) is 11.7 Å². The van der Waals surface area contributed by atoms with Crippen LogP contribution in [0.1, 0.15) is 25.5 Å². The maximum absolute atomic E-state index is 5.40. The van der Waals surface area contributed by atoms with Crippen LogP contribution < -0.4 is 0 Å². The lowest BCUT2D eigenvalue weighted by atomic mass is 10.1. The number of fused-ring (bicyclic) bond motifs is 1. The first-order valence-corrected chi connectivity index (χ1v) is 7.73. The normalized spacial score (nSPS) is 11.5. The maximum atomic E-state index is 5.40. The van der Waals surface area contributed by atoms with Crippen LogP contribution in [0.15, 0.2) is 41.2 Å². The summed E-state index contributed by atoms with van der Waals surface area (Å²) < 4.78 is 7.29. The van der Waals surface area contributed by atoms with Gasteiger partial charge in [-0.15, -0.1) is 5.10 Å². The molecule has 0 atom stereocenters. The molecule has 1 aromatic carbocycles. The van der Waals surface area contributed by atoms with Crippen LogP contribution in [0.25, 0.3) is 33.9 Å². The first-order chi connectivity index (χ1) is 11.6. The standard InChI is InChI=1S/C17H16N6O/c1-10(2)23-15-5-4-12(8-14(15)20-22-23)16-19-17(24-21-16)13-9-18-7-6-11(13)3/h4-10H,1-3H3. The van der Waals surface area contributed by atoms with E-state index in [9.17, 15) is 0 Å². The molecule has 0 radical (unpaired) electrons. The highest BCUT2D eigenvalue weighted by atomic mass is 16.5. The molecule has 0 fully saturated rings. The smallest absolute Gasteiger partial charge is 0.260 e. The fourth-order valence-corrected chi connectivity index (χ4v) is 2.60. The Balaban J connectivity index is 1.75. The molecule has 0 amide bonds. The Hall–Kier alpha value is -3.09. The Morgan fingerprint density at radius 1 is 1.17 bits per heavy atom. The Kier molecular flexibility index (Phi) is 3.34. The molecule has 120 valence electrons. The van der Waals surface area contributed by atoms with Crippen molar-refractivity contribution in [1.82, 2.24) is 30.1 Å². The lowest BCUT2D eigenvalue weighted by molar-refractivity contribution is 0.432. The molecule has 0 aliphatic heterocycles. The highest BCUT2D eigenvalue weighted by molar-refractivity contribution is 5.80. The summed E-state index contributed by atoms with van der Waals surface area (Å²) in [6, 6.07) is 8.03. The summed E-state index contributed by atoms with van der Waals surface area (Å²) in [5.41, 5.74) is 4.51. The van der Waals surface area contributed by atoms with Crippen LogP contribution in [0.3, 0.4) is 0 Å². The molecule has 0 aliphatic rings. The van der Waals surface area contributed by atoms with Crippen LogP contribution >= 0.6 is 0 Å². The SMILES string of the molecule is Cc1ccncc1-c1nc(-c2ccc3c(c2)nnn3C(C)C)no1. The van der Waals surface area contributed by atoms with Crippen LogP contribution in [0.2, 0.25) is 0 Å². The molecular weight excluding hydrogens is 304 g/mol. The van der Waals surface area contributed by atoms with E-state index < -0.39 is 0 Å². The maximum Gasteiger partial charge on any atom is 0.260 e. The summed E-state index contributed by atoms with van der Waals surface area (Å²) >= 11 is 0. The van der Waals surface area contributed by atoms with Crippen LogP contribution in [-0.2, 0) is 0 Å². The molecule has 0 N–H and O–H groups in total. The van der Waals surface area contributed by atoms with Crippen molar-refractivity contribution in [1.29, 1.82) is 0 Å². The third-order valence-corrected chi connectivity index (χ3v) is 3.91. The first kappa shape index (κ1) is 14.5. The number of pyridine rings is 1. The van der Waals surface area contributed by atoms with Gasteiger partial charge >= 0.3 is 0 Å². The van der Waals surface area contributed by atoms with Gasteiger partial charge in [0, 0.05) is 24.0 Å². The zero-order valence-electron chi connectivity index (χ0n) is 13.6. The second kappa shape index (κ2) is 5.52. The van der Waals surface area contributed by atoms with Gasteiger partial charge in [0.15, 0.2) is 0 Å². The summed E-state index contributed by atoms with van der Waals surface area (Å²) in [7, 11) is 0. The molecule has 0 saturated carbocycles. The second-order valence-corrected chi connectivity index (χ2v) is 5.94. The van der Waals surface area contributed by atoms with Crippen molar-refractivity contribution in [2.24, 2.45) is 0 Å². The van der Waals surface area contributed by atoms with Crippen LogP contribution in [0, 0.1) is 6.92 Å². The molecule has 0 aliphatic carbocycles. The topological polar surface area (TPSA) is 82.5 Å². The number of aromatic nitrogens is 6. The second-order valence-electron chi connectivity index (χ2n) is 5.94. The third-order valence-electron chi connectivity index (χ3n) is 3.91.